The maximum Gasteiger partial charge on any atom is 0.316 e. The van der Waals surface area contributed by atoms with Crippen molar-refractivity contribution in [3.8, 4) is 0 Å². The van der Waals surface area contributed by atoms with Crippen molar-refractivity contribution in [1.29, 1.82) is 0 Å². The number of aryl methyl sites for hydroxylation is 1. The monoisotopic (exact) mass is 347 g/mol. The van der Waals surface area contributed by atoms with E-state index < -0.39 is 0 Å². The molecule has 0 atom stereocenters. The van der Waals surface area contributed by atoms with Crippen LogP contribution in [0.25, 0.3) is 10.2 Å². The predicted octanol–water partition coefficient (Wildman–Crippen LogP) is -0.615. The van der Waals surface area contributed by atoms with E-state index in [2.05, 4.69) is 16.7 Å². The molecule has 0 saturated heterocycles. The number of rotatable bonds is 4. The van der Waals surface area contributed by atoms with E-state index in [4.69, 9.17) is 4.74 Å². The molecular formula is C12H14BrNO2S2. The van der Waals surface area contributed by atoms with Crippen LogP contribution in [0.3, 0.4) is 0 Å². The van der Waals surface area contributed by atoms with Crippen LogP contribution in [-0.4, -0.2) is 18.3 Å². The van der Waals surface area contributed by atoms with Crippen LogP contribution in [-0.2, 0) is 16.6 Å². The predicted molar refractivity (Wildman–Crippen MR) is 70.4 cm³/mol. The van der Waals surface area contributed by atoms with Crippen molar-refractivity contribution in [2.75, 3.05) is 12.4 Å². The molecule has 6 heteroatoms. The minimum absolute atomic E-state index is 0. The Balaban J connectivity index is 0.00000162. The maximum absolute atomic E-state index is 11.3. The van der Waals surface area contributed by atoms with Crippen molar-refractivity contribution in [2.24, 2.45) is 7.05 Å². The number of aromatic nitrogens is 1. The van der Waals surface area contributed by atoms with Crippen molar-refractivity contribution < 1.29 is 31.1 Å². The number of hydrogen-bond donors (Lipinski definition) is 0. The lowest BCUT2D eigenvalue weighted by molar-refractivity contribution is -0.676. The fourth-order valence-corrected chi connectivity index (χ4v) is 3.71. The Bertz CT molecular complexity index is 542. The summed E-state index contributed by atoms with van der Waals surface area (Å²) in [6.45, 7) is 2.26. The number of fused-ring (bicyclic) bond motifs is 1. The fourth-order valence-electron chi connectivity index (χ4n) is 1.53. The van der Waals surface area contributed by atoms with Crippen LogP contribution in [0.5, 0.6) is 0 Å². The number of nitrogens with zero attached hydrogens (tertiary/aromatic N) is 1. The summed E-state index contributed by atoms with van der Waals surface area (Å²) in [6.07, 6.45) is 0. The van der Waals surface area contributed by atoms with E-state index in [1.54, 1.807) is 11.3 Å². The number of ether oxygens (including phenoxy) is 1. The number of hydrogen-bond acceptors (Lipinski definition) is 4. The average Bonchev–Trinajstić information content (AvgIpc) is 2.65. The standard InChI is InChI=1S/C12H14NO2S2.BrH/c1-3-15-11(14)8-16-12-13(2)9-6-4-5-7-10(9)17-12;/h4-7H,3,8H2,1-2H3;1H/q+1;/p-1. The van der Waals surface area contributed by atoms with Crippen molar-refractivity contribution >= 4 is 39.3 Å². The van der Waals surface area contributed by atoms with Crippen molar-refractivity contribution in [3.05, 3.63) is 24.3 Å². The summed E-state index contributed by atoms with van der Waals surface area (Å²) < 4.78 is 9.39. The fraction of sp³-hybridized carbons (Fsp3) is 0.333. The van der Waals surface area contributed by atoms with Gasteiger partial charge >= 0.3 is 5.97 Å². The van der Waals surface area contributed by atoms with Gasteiger partial charge in [-0.25, -0.2) is 0 Å². The highest BCUT2D eigenvalue weighted by Crippen LogP contribution is 2.27. The number of halogens is 1. The Hall–Kier alpha value is -0.590. The van der Waals surface area contributed by atoms with Crippen LogP contribution >= 0.6 is 23.1 Å². The molecule has 0 spiro atoms. The molecule has 0 amide bonds. The Morgan fingerprint density at radius 3 is 2.83 bits per heavy atom. The van der Waals surface area contributed by atoms with Gasteiger partial charge < -0.3 is 21.7 Å². The van der Waals surface area contributed by atoms with Crippen LogP contribution in [0.2, 0.25) is 0 Å². The smallest absolute Gasteiger partial charge is 0.316 e. The minimum atomic E-state index is -0.157. The molecule has 0 bridgehead atoms. The first-order valence-corrected chi connectivity index (χ1v) is 7.18. The summed E-state index contributed by atoms with van der Waals surface area (Å²) in [4.78, 5) is 11.3. The zero-order valence-electron chi connectivity index (χ0n) is 10.2. The SMILES string of the molecule is CCOC(=O)CSc1sc2ccccc2[n+]1C.[Br-]. The first-order valence-electron chi connectivity index (χ1n) is 5.38. The molecule has 0 radical (unpaired) electrons. The lowest BCUT2D eigenvalue weighted by Crippen LogP contribution is -3.00. The third kappa shape index (κ3) is 3.46. The van der Waals surface area contributed by atoms with Gasteiger partial charge in [-0.1, -0.05) is 23.5 Å². The van der Waals surface area contributed by atoms with Gasteiger partial charge in [0.05, 0.1) is 6.61 Å². The topological polar surface area (TPSA) is 30.2 Å². The van der Waals surface area contributed by atoms with Gasteiger partial charge in [0, 0.05) is 6.07 Å². The third-order valence-corrected chi connectivity index (χ3v) is 4.83. The molecule has 18 heavy (non-hydrogen) atoms. The second-order valence-electron chi connectivity index (χ2n) is 3.49. The molecule has 0 aliphatic rings. The van der Waals surface area contributed by atoms with E-state index in [9.17, 15) is 4.79 Å². The van der Waals surface area contributed by atoms with Crippen LogP contribution in [0, 0.1) is 0 Å². The number of esters is 1. The van der Waals surface area contributed by atoms with Gasteiger partial charge in [0.25, 0.3) is 4.34 Å². The summed E-state index contributed by atoms with van der Waals surface area (Å²) in [7, 11) is 2.02. The van der Waals surface area contributed by atoms with Crippen LogP contribution in [0.1, 0.15) is 6.92 Å². The molecule has 98 valence electrons. The van der Waals surface area contributed by atoms with Gasteiger partial charge in [0.15, 0.2) is 0 Å². The molecule has 1 heterocycles. The molecule has 0 aliphatic carbocycles. The molecule has 1 aromatic carbocycles. The molecule has 0 saturated carbocycles. The van der Waals surface area contributed by atoms with Crippen molar-refractivity contribution in [1.82, 2.24) is 0 Å². The quantitative estimate of drug-likeness (QED) is 0.419. The molecule has 0 fully saturated rings. The molecule has 3 nitrogen and oxygen atoms in total. The molecule has 2 rings (SSSR count). The molecule has 0 unspecified atom stereocenters. The molecule has 1 aromatic heterocycles. The lowest BCUT2D eigenvalue weighted by atomic mass is 10.3. The van der Waals surface area contributed by atoms with Gasteiger partial charge in [-0.2, -0.15) is 4.57 Å². The Kier molecular flexibility index (Phi) is 6.11. The average molecular weight is 348 g/mol. The van der Waals surface area contributed by atoms with E-state index in [0.717, 1.165) is 4.34 Å². The summed E-state index contributed by atoms with van der Waals surface area (Å²) in [5, 5.41) is 0. The first kappa shape index (κ1) is 15.5. The van der Waals surface area contributed by atoms with Gasteiger partial charge in [-0.15, -0.1) is 0 Å². The highest BCUT2D eigenvalue weighted by Gasteiger charge is 2.18. The normalized spacial score (nSPS) is 10.1. The highest BCUT2D eigenvalue weighted by atomic mass is 79.9. The van der Waals surface area contributed by atoms with Crippen LogP contribution < -0.4 is 21.5 Å². The summed E-state index contributed by atoms with van der Waals surface area (Å²) >= 11 is 3.23. The lowest BCUT2D eigenvalue weighted by Gasteiger charge is -1.97. The van der Waals surface area contributed by atoms with Gasteiger partial charge in [0.1, 0.15) is 17.5 Å². The highest BCUT2D eigenvalue weighted by molar-refractivity contribution is 8.01. The van der Waals surface area contributed by atoms with E-state index in [-0.39, 0.29) is 23.0 Å². The van der Waals surface area contributed by atoms with Crippen molar-refractivity contribution in [3.63, 3.8) is 0 Å². The van der Waals surface area contributed by atoms with Gasteiger partial charge in [-0.05, 0) is 24.8 Å². The number of thioether (sulfide) groups is 1. The zero-order chi connectivity index (χ0) is 12.3. The van der Waals surface area contributed by atoms with Crippen LogP contribution in [0.15, 0.2) is 28.6 Å². The number of thiazole rings is 1. The number of carbonyl (C=O) groups is 1. The zero-order valence-corrected chi connectivity index (χ0v) is 13.4. The summed E-state index contributed by atoms with van der Waals surface area (Å²) in [5.41, 5.74) is 1.20. The maximum atomic E-state index is 11.3. The van der Waals surface area contributed by atoms with Crippen LogP contribution in [0.4, 0.5) is 0 Å². The largest absolute Gasteiger partial charge is 1.00 e. The summed E-state index contributed by atoms with van der Waals surface area (Å²) in [6, 6.07) is 8.22. The van der Waals surface area contributed by atoms with Crippen molar-refractivity contribution in [2.45, 2.75) is 11.3 Å². The van der Waals surface area contributed by atoms with E-state index in [1.165, 1.54) is 22.0 Å². The third-order valence-electron chi connectivity index (χ3n) is 2.32. The number of carbonyl (C=O) groups excluding carboxylic acids is 1. The molecule has 0 aliphatic heterocycles. The molecule has 0 N–H and O–H groups in total. The Morgan fingerprint density at radius 1 is 1.44 bits per heavy atom. The van der Waals surface area contributed by atoms with E-state index in [0.29, 0.717) is 12.4 Å². The number of benzene rings is 1. The van der Waals surface area contributed by atoms with Gasteiger partial charge in [-0.3, -0.25) is 4.79 Å². The first-order chi connectivity index (χ1) is 8.22. The Morgan fingerprint density at radius 2 is 2.17 bits per heavy atom. The second kappa shape index (κ2) is 7.11. The number of para-hydroxylation sites is 1. The van der Waals surface area contributed by atoms with E-state index in [1.807, 2.05) is 26.1 Å². The second-order valence-corrected chi connectivity index (χ2v) is 5.74. The Labute approximate surface area is 125 Å². The van der Waals surface area contributed by atoms with E-state index >= 15 is 0 Å². The molecular weight excluding hydrogens is 334 g/mol. The minimum Gasteiger partial charge on any atom is -1.00 e. The van der Waals surface area contributed by atoms with Gasteiger partial charge in [0.2, 0.25) is 5.52 Å². The molecule has 2 aromatic rings. The summed E-state index contributed by atoms with van der Waals surface area (Å²) in [5.74, 6) is 0.212.